The molecule has 0 aliphatic heterocycles. The van der Waals surface area contributed by atoms with Gasteiger partial charge in [0.15, 0.2) is 0 Å². The maximum Gasteiger partial charge on any atom is 0.104 e. The van der Waals surface area contributed by atoms with Crippen LogP contribution in [0.25, 0.3) is 12.2 Å². The highest BCUT2D eigenvalue weighted by Gasteiger charge is 2.19. The molecule has 0 N–H and O–H groups in total. The highest BCUT2D eigenvalue weighted by atomic mass is 28.3. The molecule has 0 aliphatic rings. The molecule has 0 atom stereocenters. The Bertz CT molecular complexity index is 854. The van der Waals surface area contributed by atoms with Crippen LogP contribution in [0.15, 0.2) is 96.3 Å². The van der Waals surface area contributed by atoms with Gasteiger partial charge in [0.25, 0.3) is 0 Å². The summed E-state index contributed by atoms with van der Waals surface area (Å²) in [5, 5.41) is 2.94. The average Bonchev–Trinajstić information content (AvgIpc) is 2.73. The van der Waals surface area contributed by atoms with E-state index in [0.29, 0.717) is 0 Å². The summed E-state index contributed by atoms with van der Waals surface area (Å²) in [6, 6.07) is 30.6. The Kier molecular flexibility index (Phi) is 6.33. The van der Waals surface area contributed by atoms with Gasteiger partial charge in [-0.05, 0) is 11.1 Å². The van der Waals surface area contributed by atoms with Crippen LogP contribution in [-0.2, 0) is 0 Å². The highest BCUT2D eigenvalue weighted by Crippen LogP contribution is 2.13. The maximum absolute atomic E-state index is 2.43. The lowest BCUT2D eigenvalue weighted by Crippen LogP contribution is -2.39. The molecular weight excluding hydrogens is 368 g/mol. The van der Waals surface area contributed by atoms with E-state index in [2.05, 4.69) is 135 Å². The molecule has 3 aromatic carbocycles. The van der Waals surface area contributed by atoms with Gasteiger partial charge in [-0.3, -0.25) is 0 Å². The number of benzene rings is 3. The molecule has 142 valence electrons. The molecule has 0 heterocycles. The van der Waals surface area contributed by atoms with E-state index >= 15 is 0 Å². The minimum atomic E-state index is -1.54. The molecule has 0 radical (unpaired) electrons. The Hall–Kier alpha value is -2.43. The zero-order chi connectivity index (χ0) is 20.0. The van der Waals surface area contributed by atoms with Crippen LogP contribution in [0.5, 0.6) is 0 Å². The topological polar surface area (TPSA) is 0 Å². The predicted molar refractivity (Wildman–Crippen MR) is 132 cm³/mol. The Balaban J connectivity index is 1.70. The van der Waals surface area contributed by atoms with Crippen molar-refractivity contribution in [2.75, 3.05) is 0 Å². The fourth-order valence-electron chi connectivity index (χ4n) is 3.26. The fraction of sp³-hybridized carbons (Fsp3) is 0.154. The number of hydrogen-bond acceptors (Lipinski definition) is 0. The first kappa shape index (κ1) is 20.3. The standard InChI is InChI=1S/C26H30Si2/c1-27(2,25-11-7-5-8-12-25)21-19-23-15-17-24(18-16-23)20-22-28(3,4)26-13-9-6-10-14-26/h5-22H,1-4H3/b21-19-,22-20-. The molecule has 0 spiro atoms. The van der Waals surface area contributed by atoms with Gasteiger partial charge in [-0.15, -0.1) is 0 Å². The van der Waals surface area contributed by atoms with Crippen LogP contribution in [0.2, 0.25) is 26.2 Å². The molecule has 3 rings (SSSR count). The van der Waals surface area contributed by atoms with Crippen molar-refractivity contribution in [3.8, 4) is 0 Å². The molecule has 0 bridgehead atoms. The van der Waals surface area contributed by atoms with Crippen LogP contribution in [0.3, 0.4) is 0 Å². The lowest BCUT2D eigenvalue weighted by Gasteiger charge is -2.18. The molecule has 0 aromatic heterocycles. The van der Waals surface area contributed by atoms with Crippen molar-refractivity contribution in [3.63, 3.8) is 0 Å². The molecule has 3 aromatic rings. The fourth-order valence-corrected chi connectivity index (χ4v) is 6.96. The zero-order valence-electron chi connectivity index (χ0n) is 17.4. The molecule has 0 saturated heterocycles. The van der Waals surface area contributed by atoms with Crippen molar-refractivity contribution >= 4 is 38.7 Å². The maximum atomic E-state index is 2.43. The lowest BCUT2D eigenvalue weighted by atomic mass is 10.1. The third-order valence-corrected chi connectivity index (χ3v) is 11.0. The monoisotopic (exact) mass is 398 g/mol. The molecule has 0 nitrogen and oxygen atoms in total. The minimum absolute atomic E-state index is 1.27. The number of rotatable bonds is 6. The molecule has 0 amide bonds. The first-order chi connectivity index (χ1) is 13.4. The van der Waals surface area contributed by atoms with Gasteiger partial charge in [-0.2, -0.15) is 0 Å². The van der Waals surface area contributed by atoms with Gasteiger partial charge in [0, 0.05) is 0 Å². The van der Waals surface area contributed by atoms with Crippen molar-refractivity contribution in [2.24, 2.45) is 0 Å². The molecular formula is C26H30Si2. The van der Waals surface area contributed by atoms with E-state index in [1.165, 1.54) is 21.5 Å². The van der Waals surface area contributed by atoms with Crippen LogP contribution in [0.4, 0.5) is 0 Å². The van der Waals surface area contributed by atoms with Crippen molar-refractivity contribution < 1.29 is 0 Å². The molecule has 0 saturated carbocycles. The largest absolute Gasteiger partial charge is 0.104 e. The summed E-state index contributed by atoms with van der Waals surface area (Å²) < 4.78 is 0. The Morgan fingerprint density at radius 1 is 0.464 bits per heavy atom. The Morgan fingerprint density at radius 3 is 1.11 bits per heavy atom. The molecule has 0 fully saturated rings. The molecule has 0 aliphatic carbocycles. The van der Waals surface area contributed by atoms with Crippen molar-refractivity contribution in [3.05, 3.63) is 107 Å². The van der Waals surface area contributed by atoms with E-state index in [9.17, 15) is 0 Å². The molecule has 28 heavy (non-hydrogen) atoms. The van der Waals surface area contributed by atoms with E-state index in [-0.39, 0.29) is 0 Å². The average molecular weight is 399 g/mol. The van der Waals surface area contributed by atoms with Crippen molar-refractivity contribution in [2.45, 2.75) is 26.2 Å². The predicted octanol–water partition coefficient (Wildman–Crippen LogP) is 6.02. The second-order valence-corrected chi connectivity index (χ2v) is 17.2. The van der Waals surface area contributed by atoms with E-state index in [4.69, 9.17) is 0 Å². The summed E-state index contributed by atoms with van der Waals surface area (Å²) in [4.78, 5) is 0. The summed E-state index contributed by atoms with van der Waals surface area (Å²) in [5.74, 6) is 0. The van der Waals surface area contributed by atoms with E-state index in [1.807, 2.05) is 0 Å². The molecule has 2 heteroatoms. The summed E-state index contributed by atoms with van der Waals surface area (Å²) >= 11 is 0. The molecule has 0 unspecified atom stereocenters. The van der Waals surface area contributed by atoms with Crippen LogP contribution >= 0.6 is 0 Å². The van der Waals surface area contributed by atoms with Gasteiger partial charge in [0.2, 0.25) is 0 Å². The van der Waals surface area contributed by atoms with Gasteiger partial charge in [0.1, 0.15) is 16.1 Å². The third-order valence-electron chi connectivity index (χ3n) is 5.36. The first-order valence-electron chi connectivity index (χ1n) is 9.96. The number of hydrogen-bond donors (Lipinski definition) is 0. The smallest absolute Gasteiger partial charge is 0.0897 e. The summed E-state index contributed by atoms with van der Waals surface area (Å²) in [5.41, 5.74) is 7.40. The minimum Gasteiger partial charge on any atom is -0.0897 e. The highest BCUT2D eigenvalue weighted by molar-refractivity contribution is 6.94. The van der Waals surface area contributed by atoms with Gasteiger partial charge in [-0.25, -0.2) is 0 Å². The normalized spacial score (nSPS) is 12.7. The van der Waals surface area contributed by atoms with Gasteiger partial charge in [0.05, 0.1) is 0 Å². The van der Waals surface area contributed by atoms with Gasteiger partial charge >= 0.3 is 0 Å². The summed E-state index contributed by atoms with van der Waals surface area (Å²) in [6.07, 6.45) is 4.57. The van der Waals surface area contributed by atoms with Crippen LogP contribution in [0.1, 0.15) is 11.1 Å². The van der Waals surface area contributed by atoms with Crippen molar-refractivity contribution in [1.82, 2.24) is 0 Å². The second kappa shape index (κ2) is 8.72. The Labute approximate surface area is 172 Å². The van der Waals surface area contributed by atoms with E-state index in [1.54, 1.807) is 0 Å². The quantitative estimate of drug-likeness (QED) is 0.445. The zero-order valence-corrected chi connectivity index (χ0v) is 19.4. The summed E-state index contributed by atoms with van der Waals surface area (Å²) in [6.45, 7) is 9.58. The van der Waals surface area contributed by atoms with Gasteiger partial charge < -0.3 is 0 Å². The van der Waals surface area contributed by atoms with Crippen LogP contribution < -0.4 is 10.4 Å². The van der Waals surface area contributed by atoms with Gasteiger partial charge in [-0.1, -0.05) is 145 Å². The first-order valence-corrected chi connectivity index (χ1v) is 16.1. The van der Waals surface area contributed by atoms with E-state index in [0.717, 1.165) is 0 Å². The third kappa shape index (κ3) is 5.31. The second-order valence-electron chi connectivity index (χ2n) is 8.51. The lowest BCUT2D eigenvalue weighted by molar-refractivity contribution is 1.62. The van der Waals surface area contributed by atoms with Crippen LogP contribution in [0, 0.1) is 0 Å². The SMILES string of the molecule is C[Si](C)(/C=C\c1ccc(/C=C\[Si](C)(C)c2ccccc2)cc1)c1ccccc1. The van der Waals surface area contributed by atoms with E-state index < -0.39 is 16.1 Å². The summed E-state index contributed by atoms with van der Waals surface area (Å²) in [7, 11) is -3.08. The van der Waals surface area contributed by atoms with Crippen LogP contribution in [-0.4, -0.2) is 16.1 Å². The Morgan fingerprint density at radius 2 is 0.786 bits per heavy atom. The van der Waals surface area contributed by atoms with Crippen molar-refractivity contribution in [1.29, 1.82) is 0 Å².